The second kappa shape index (κ2) is 5.83. The molecule has 0 fully saturated rings. The molecule has 0 aliphatic heterocycles. The summed E-state index contributed by atoms with van der Waals surface area (Å²) in [7, 11) is 3.87. The van der Waals surface area contributed by atoms with Gasteiger partial charge in [-0.15, -0.1) is 0 Å². The minimum atomic E-state index is -0.483. The molecule has 0 saturated heterocycles. The van der Waals surface area contributed by atoms with Crippen molar-refractivity contribution in [1.29, 1.82) is 0 Å². The highest BCUT2D eigenvalue weighted by molar-refractivity contribution is 6.05. The quantitative estimate of drug-likeness (QED) is 0.853. The molecule has 1 amide bonds. The van der Waals surface area contributed by atoms with E-state index in [-0.39, 0.29) is 11.3 Å². The summed E-state index contributed by atoms with van der Waals surface area (Å²) in [5, 5.41) is 2.72. The first-order chi connectivity index (χ1) is 9.88. The van der Waals surface area contributed by atoms with E-state index in [2.05, 4.69) is 5.32 Å². The van der Waals surface area contributed by atoms with Crippen molar-refractivity contribution in [2.24, 2.45) is 0 Å². The van der Waals surface area contributed by atoms with Crippen LogP contribution in [0.5, 0.6) is 0 Å². The summed E-state index contributed by atoms with van der Waals surface area (Å²) in [6, 6.07) is 10.0. The van der Waals surface area contributed by atoms with Gasteiger partial charge in [-0.25, -0.2) is 4.39 Å². The summed E-state index contributed by atoms with van der Waals surface area (Å²) in [5.41, 5.74) is 8.17. The Morgan fingerprint density at radius 3 is 2.33 bits per heavy atom. The molecule has 5 heteroatoms. The van der Waals surface area contributed by atoms with Crippen molar-refractivity contribution < 1.29 is 9.18 Å². The maximum atomic E-state index is 13.6. The lowest BCUT2D eigenvalue weighted by Crippen LogP contribution is -2.13. The Hall–Kier alpha value is -2.56. The molecule has 0 aromatic heterocycles. The molecule has 110 valence electrons. The molecule has 21 heavy (non-hydrogen) atoms. The molecule has 0 unspecified atom stereocenters. The number of carbonyl (C=O) groups is 1. The summed E-state index contributed by atoms with van der Waals surface area (Å²) < 4.78 is 13.6. The van der Waals surface area contributed by atoms with Crippen molar-refractivity contribution in [2.75, 3.05) is 30.0 Å². The largest absolute Gasteiger partial charge is 0.398 e. The van der Waals surface area contributed by atoms with Crippen LogP contribution in [0.3, 0.4) is 0 Å². The number of hydrogen-bond donors (Lipinski definition) is 2. The zero-order valence-electron chi connectivity index (χ0n) is 12.3. The lowest BCUT2D eigenvalue weighted by Gasteiger charge is -2.13. The standard InChI is InChI=1S/C16H18FN3O/c1-10-14(17)8-11(9-15(10)18)16(21)19-12-4-6-13(7-5-12)20(2)3/h4-9H,18H2,1-3H3,(H,19,21). The van der Waals surface area contributed by atoms with Gasteiger partial charge in [0.1, 0.15) is 5.82 Å². The minimum Gasteiger partial charge on any atom is -0.398 e. The maximum absolute atomic E-state index is 13.6. The molecule has 2 rings (SSSR count). The smallest absolute Gasteiger partial charge is 0.255 e. The Balaban J connectivity index is 2.18. The van der Waals surface area contributed by atoms with Crippen LogP contribution < -0.4 is 16.0 Å². The van der Waals surface area contributed by atoms with Crippen molar-refractivity contribution in [2.45, 2.75) is 6.92 Å². The third-order valence-electron chi connectivity index (χ3n) is 3.29. The molecule has 0 atom stereocenters. The van der Waals surface area contributed by atoms with E-state index in [9.17, 15) is 9.18 Å². The molecule has 2 aromatic rings. The van der Waals surface area contributed by atoms with Crippen LogP contribution in [0, 0.1) is 12.7 Å². The van der Waals surface area contributed by atoms with E-state index in [4.69, 9.17) is 5.73 Å². The van der Waals surface area contributed by atoms with Gasteiger partial charge in [-0.2, -0.15) is 0 Å². The number of nitrogens with one attached hydrogen (secondary N) is 1. The molecule has 0 spiro atoms. The Bertz CT molecular complexity index is 643. The lowest BCUT2D eigenvalue weighted by molar-refractivity contribution is 0.102. The average Bonchev–Trinajstić information content (AvgIpc) is 2.44. The number of nitrogens with two attached hydrogens (primary N) is 1. The third-order valence-corrected chi connectivity index (χ3v) is 3.29. The highest BCUT2D eigenvalue weighted by Gasteiger charge is 2.11. The zero-order valence-corrected chi connectivity index (χ0v) is 12.3. The fraction of sp³-hybridized carbons (Fsp3) is 0.188. The molecule has 0 saturated carbocycles. The summed E-state index contributed by atoms with van der Waals surface area (Å²) >= 11 is 0. The first-order valence-electron chi connectivity index (χ1n) is 6.53. The van der Waals surface area contributed by atoms with Crippen LogP contribution in [0.4, 0.5) is 21.5 Å². The van der Waals surface area contributed by atoms with Gasteiger partial charge in [0.05, 0.1) is 0 Å². The number of amides is 1. The van der Waals surface area contributed by atoms with Crippen LogP contribution in [0.2, 0.25) is 0 Å². The SMILES string of the molecule is Cc1c(N)cc(C(=O)Nc2ccc(N(C)C)cc2)cc1F. The first kappa shape index (κ1) is 14.8. The molecule has 0 aliphatic carbocycles. The van der Waals surface area contributed by atoms with Gasteiger partial charge in [-0.1, -0.05) is 0 Å². The summed E-state index contributed by atoms with van der Waals surface area (Å²) in [6.07, 6.45) is 0. The van der Waals surface area contributed by atoms with Crippen LogP contribution >= 0.6 is 0 Å². The van der Waals surface area contributed by atoms with E-state index in [1.54, 1.807) is 19.1 Å². The molecular formula is C16H18FN3O. The number of rotatable bonds is 3. The van der Waals surface area contributed by atoms with Gasteiger partial charge in [0.2, 0.25) is 0 Å². The van der Waals surface area contributed by atoms with Gasteiger partial charge in [0.25, 0.3) is 5.91 Å². The van der Waals surface area contributed by atoms with Crippen LogP contribution in [-0.2, 0) is 0 Å². The second-order valence-electron chi connectivity index (χ2n) is 5.07. The van der Waals surface area contributed by atoms with Crippen molar-refractivity contribution in [3.05, 3.63) is 53.3 Å². The second-order valence-corrected chi connectivity index (χ2v) is 5.07. The summed E-state index contributed by atoms with van der Waals surface area (Å²) in [5.74, 6) is -0.874. The predicted octanol–water partition coefficient (Wildman–Crippen LogP) is 3.03. The average molecular weight is 287 g/mol. The number of carbonyl (C=O) groups excluding carboxylic acids is 1. The first-order valence-corrected chi connectivity index (χ1v) is 6.53. The van der Waals surface area contributed by atoms with E-state index in [0.29, 0.717) is 11.3 Å². The van der Waals surface area contributed by atoms with Crippen LogP contribution in [-0.4, -0.2) is 20.0 Å². The third kappa shape index (κ3) is 3.31. The normalized spacial score (nSPS) is 10.3. The molecule has 0 bridgehead atoms. The van der Waals surface area contributed by atoms with Gasteiger partial charge >= 0.3 is 0 Å². The van der Waals surface area contributed by atoms with Crippen molar-refractivity contribution >= 4 is 23.0 Å². The Labute approximate surface area is 123 Å². The monoisotopic (exact) mass is 287 g/mol. The van der Waals surface area contributed by atoms with E-state index in [0.717, 1.165) is 5.69 Å². The Kier molecular flexibility index (Phi) is 4.12. The zero-order chi connectivity index (χ0) is 15.6. The van der Waals surface area contributed by atoms with Crippen molar-refractivity contribution in [1.82, 2.24) is 0 Å². The Morgan fingerprint density at radius 2 is 1.81 bits per heavy atom. The molecular weight excluding hydrogens is 269 g/mol. The number of anilines is 3. The van der Waals surface area contributed by atoms with E-state index in [1.165, 1.54) is 12.1 Å². The van der Waals surface area contributed by atoms with Crippen LogP contribution in [0.1, 0.15) is 15.9 Å². The van der Waals surface area contributed by atoms with Crippen molar-refractivity contribution in [3.8, 4) is 0 Å². The van der Waals surface area contributed by atoms with Gasteiger partial charge in [-0.05, 0) is 43.3 Å². The van der Waals surface area contributed by atoms with Crippen molar-refractivity contribution in [3.63, 3.8) is 0 Å². The highest BCUT2D eigenvalue weighted by atomic mass is 19.1. The maximum Gasteiger partial charge on any atom is 0.255 e. The molecule has 2 aromatic carbocycles. The van der Waals surface area contributed by atoms with Crippen LogP contribution in [0.25, 0.3) is 0 Å². The predicted molar refractivity (Wildman–Crippen MR) is 84.3 cm³/mol. The topological polar surface area (TPSA) is 58.4 Å². The summed E-state index contributed by atoms with van der Waals surface area (Å²) in [6.45, 7) is 1.58. The Morgan fingerprint density at radius 1 is 1.19 bits per heavy atom. The van der Waals surface area contributed by atoms with Gasteiger partial charge < -0.3 is 16.0 Å². The number of nitrogens with zero attached hydrogens (tertiary/aromatic N) is 1. The highest BCUT2D eigenvalue weighted by Crippen LogP contribution is 2.20. The van der Waals surface area contributed by atoms with Gasteiger partial charge in [0.15, 0.2) is 0 Å². The summed E-state index contributed by atoms with van der Waals surface area (Å²) in [4.78, 5) is 14.1. The number of nitrogen functional groups attached to an aromatic ring is 1. The van der Waals surface area contributed by atoms with E-state index >= 15 is 0 Å². The number of benzene rings is 2. The van der Waals surface area contributed by atoms with Gasteiger partial charge in [-0.3, -0.25) is 4.79 Å². The number of hydrogen-bond acceptors (Lipinski definition) is 3. The molecule has 0 radical (unpaired) electrons. The lowest BCUT2D eigenvalue weighted by atomic mass is 10.1. The molecule has 0 heterocycles. The number of halogens is 1. The fourth-order valence-electron chi connectivity index (χ4n) is 1.88. The molecule has 3 N–H and O–H groups in total. The minimum absolute atomic E-state index is 0.201. The van der Waals surface area contributed by atoms with E-state index < -0.39 is 11.7 Å². The molecule has 0 aliphatic rings. The van der Waals surface area contributed by atoms with Crippen LogP contribution in [0.15, 0.2) is 36.4 Å². The van der Waals surface area contributed by atoms with Gasteiger partial charge in [0, 0.05) is 42.3 Å². The molecule has 4 nitrogen and oxygen atoms in total. The van der Waals surface area contributed by atoms with E-state index in [1.807, 2.05) is 31.1 Å². The fourth-order valence-corrected chi connectivity index (χ4v) is 1.88.